The largest absolute Gasteiger partial charge is 0.433 e. The lowest BCUT2D eigenvalue weighted by atomic mass is 9.43. The Morgan fingerprint density at radius 3 is 2.38 bits per heavy atom. The van der Waals surface area contributed by atoms with E-state index in [0.29, 0.717) is 16.8 Å². The monoisotopic (exact) mass is 515 g/mol. The molecule has 3 aliphatic carbocycles. The molecule has 202 valence electrons. The highest BCUT2D eigenvalue weighted by Gasteiger charge is 2.74. The number of nitrogens with one attached hydrogen (secondary N) is 1. The number of hydrogen-bond donors (Lipinski definition) is 5. The first-order valence-corrected chi connectivity index (χ1v) is 12.9. The van der Waals surface area contributed by atoms with Gasteiger partial charge in [0.2, 0.25) is 0 Å². The van der Waals surface area contributed by atoms with E-state index >= 15 is 0 Å². The van der Waals surface area contributed by atoms with Gasteiger partial charge in [-0.2, -0.15) is 0 Å². The quantitative estimate of drug-likeness (QED) is 0.377. The molecule has 1 aliphatic heterocycles. The summed E-state index contributed by atoms with van der Waals surface area (Å²) in [5.41, 5.74) is -4.52. The van der Waals surface area contributed by atoms with Crippen LogP contribution in [0, 0.1) is 22.7 Å². The molecule has 1 amide bonds. The third kappa shape index (κ3) is 3.41. The molecule has 4 aliphatic rings. The Balaban J connectivity index is 1.68. The molecule has 0 spiro atoms. The number of rotatable bonds is 2. The van der Waals surface area contributed by atoms with E-state index in [1.165, 1.54) is 0 Å². The number of anilines is 1. The average Bonchev–Trinajstić information content (AvgIpc) is 2.83. The number of para-hydroxylation sites is 1. The lowest BCUT2D eigenvalue weighted by molar-refractivity contribution is -0.335. The number of benzene rings is 1. The van der Waals surface area contributed by atoms with Crippen LogP contribution in [-0.2, 0) is 14.3 Å². The number of fused-ring (bicyclic) bond motifs is 5. The fourth-order valence-electron chi connectivity index (χ4n) is 7.85. The summed E-state index contributed by atoms with van der Waals surface area (Å²) in [4.78, 5) is 27.6. The Bertz CT molecular complexity index is 1150. The van der Waals surface area contributed by atoms with E-state index in [-0.39, 0.29) is 19.4 Å². The molecule has 1 aromatic carbocycles. The predicted molar refractivity (Wildman–Crippen MR) is 133 cm³/mol. The molecule has 0 aromatic heterocycles. The molecule has 1 heterocycles. The smallest absolute Gasteiger partial charge is 0.412 e. The van der Waals surface area contributed by atoms with Crippen LogP contribution in [0.5, 0.6) is 0 Å². The molecule has 0 radical (unpaired) electrons. The second-order valence-corrected chi connectivity index (χ2v) is 12.1. The van der Waals surface area contributed by atoms with Gasteiger partial charge >= 0.3 is 6.09 Å². The van der Waals surface area contributed by atoms with Gasteiger partial charge in [0, 0.05) is 29.9 Å². The molecule has 9 nitrogen and oxygen atoms in total. The zero-order valence-corrected chi connectivity index (χ0v) is 21.9. The molecule has 1 saturated heterocycles. The minimum absolute atomic E-state index is 0.0299. The standard InChI is InChI=1S/C28H37NO8/c1-14-17(30)12-28(35)15(2)22-26(5,18(31)11-19-27(22,34)13-36-19)23(32)21(20(14)25(28,3)4)37-24(33)29-16-9-7-6-8-10-16/h6-10,15,17-19,21-22,30-31,34-35H,11-13H2,1-5H3,(H,29,33)/t15?,17?,18?,19?,21?,22?,26-,27+,28?/m1/s1. The summed E-state index contributed by atoms with van der Waals surface area (Å²) in [6, 6.07) is 8.63. The van der Waals surface area contributed by atoms with Gasteiger partial charge < -0.3 is 29.9 Å². The number of ether oxygens (including phenoxy) is 2. The van der Waals surface area contributed by atoms with Crippen molar-refractivity contribution in [1.82, 2.24) is 0 Å². The van der Waals surface area contributed by atoms with Crippen LogP contribution < -0.4 is 5.32 Å². The average molecular weight is 516 g/mol. The maximum atomic E-state index is 14.5. The lowest BCUT2D eigenvalue weighted by Gasteiger charge is -2.67. The highest BCUT2D eigenvalue weighted by Crippen LogP contribution is 2.64. The van der Waals surface area contributed by atoms with Crippen molar-refractivity contribution in [3.05, 3.63) is 41.5 Å². The molecule has 3 fully saturated rings. The summed E-state index contributed by atoms with van der Waals surface area (Å²) in [5.74, 6) is -2.22. The zero-order valence-electron chi connectivity index (χ0n) is 21.9. The van der Waals surface area contributed by atoms with Crippen LogP contribution in [0.2, 0.25) is 0 Å². The van der Waals surface area contributed by atoms with E-state index in [0.717, 1.165) is 0 Å². The summed E-state index contributed by atoms with van der Waals surface area (Å²) < 4.78 is 11.4. The lowest BCUT2D eigenvalue weighted by Crippen LogP contribution is -2.79. The van der Waals surface area contributed by atoms with Crippen LogP contribution in [0.4, 0.5) is 10.5 Å². The van der Waals surface area contributed by atoms with Crippen LogP contribution in [-0.4, -0.2) is 74.5 Å². The highest BCUT2D eigenvalue weighted by atomic mass is 16.6. The maximum Gasteiger partial charge on any atom is 0.412 e. The number of hydrogen-bond acceptors (Lipinski definition) is 8. The van der Waals surface area contributed by atoms with E-state index in [1.54, 1.807) is 65.0 Å². The maximum absolute atomic E-state index is 14.5. The Morgan fingerprint density at radius 2 is 1.78 bits per heavy atom. The van der Waals surface area contributed by atoms with Crippen molar-refractivity contribution in [2.24, 2.45) is 22.7 Å². The van der Waals surface area contributed by atoms with Gasteiger partial charge in [0.15, 0.2) is 11.9 Å². The van der Waals surface area contributed by atoms with Crippen molar-refractivity contribution in [2.75, 3.05) is 11.9 Å². The van der Waals surface area contributed by atoms with Crippen molar-refractivity contribution in [3.63, 3.8) is 0 Å². The number of aliphatic hydroxyl groups is 4. The minimum Gasteiger partial charge on any atom is -0.433 e. The number of ketones is 1. The van der Waals surface area contributed by atoms with E-state index in [4.69, 9.17) is 9.47 Å². The van der Waals surface area contributed by atoms with Gasteiger partial charge in [0.05, 0.1) is 35.9 Å². The van der Waals surface area contributed by atoms with Gasteiger partial charge in [-0.25, -0.2) is 4.79 Å². The topological polar surface area (TPSA) is 146 Å². The SMILES string of the molecule is CC1=C2C(OC(=O)Nc3ccccc3)C(=O)[C@]3(C)C(O)CC4OC[C@@]4(O)C3C(C)C(O)(CC1O)C2(C)C. The summed E-state index contributed by atoms with van der Waals surface area (Å²) >= 11 is 0. The molecule has 2 bridgehead atoms. The van der Waals surface area contributed by atoms with Crippen molar-refractivity contribution in [3.8, 4) is 0 Å². The molecule has 2 saturated carbocycles. The van der Waals surface area contributed by atoms with Crippen molar-refractivity contribution >= 4 is 17.6 Å². The molecule has 7 unspecified atom stereocenters. The van der Waals surface area contributed by atoms with Crippen molar-refractivity contribution in [2.45, 2.75) is 83.1 Å². The summed E-state index contributed by atoms with van der Waals surface area (Å²) in [5, 5.41) is 49.2. The normalized spacial score (nSPS) is 44.5. The van der Waals surface area contributed by atoms with Crippen molar-refractivity contribution < 1.29 is 39.5 Å². The van der Waals surface area contributed by atoms with Crippen LogP contribution in [0.25, 0.3) is 0 Å². The summed E-state index contributed by atoms with van der Waals surface area (Å²) in [6.07, 6.45) is -5.37. The predicted octanol–water partition coefficient (Wildman–Crippen LogP) is 2.18. The van der Waals surface area contributed by atoms with E-state index < -0.39 is 70.2 Å². The molecule has 5 rings (SSSR count). The highest BCUT2D eigenvalue weighted by molar-refractivity contribution is 5.96. The summed E-state index contributed by atoms with van der Waals surface area (Å²) in [6.45, 7) is 8.53. The number of aliphatic hydroxyl groups excluding tert-OH is 2. The fourth-order valence-corrected chi connectivity index (χ4v) is 7.85. The van der Waals surface area contributed by atoms with E-state index in [9.17, 15) is 30.0 Å². The first-order chi connectivity index (χ1) is 17.2. The number of amides is 1. The second-order valence-electron chi connectivity index (χ2n) is 12.1. The Labute approximate surface area is 216 Å². The molecular weight excluding hydrogens is 478 g/mol. The first kappa shape index (κ1) is 26.3. The molecule has 1 aromatic rings. The first-order valence-electron chi connectivity index (χ1n) is 12.9. The molecule has 9 heteroatoms. The number of Topliss-reactive ketones (excluding diaryl/α,β-unsaturated/α-hetero) is 1. The molecular formula is C28H37NO8. The van der Waals surface area contributed by atoms with E-state index in [2.05, 4.69) is 5.32 Å². The molecule has 9 atom stereocenters. The third-order valence-corrected chi connectivity index (χ3v) is 10.1. The van der Waals surface area contributed by atoms with Gasteiger partial charge in [0.25, 0.3) is 0 Å². The number of carbonyl (C=O) groups is 2. The molecule has 37 heavy (non-hydrogen) atoms. The Morgan fingerprint density at radius 1 is 1.14 bits per heavy atom. The van der Waals surface area contributed by atoms with Crippen LogP contribution in [0.3, 0.4) is 0 Å². The van der Waals surface area contributed by atoms with Gasteiger partial charge in [-0.1, -0.05) is 39.0 Å². The van der Waals surface area contributed by atoms with Crippen LogP contribution in [0.1, 0.15) is 47.5 Å². The fraction of sp³-hybridized carbons (Fsp3) is 0.643. The van der Waals surface area contributed by atoms with Crippen LogP contribution >= 0.6 is 0 Å². The van der Waals surface area contributed by atoms with Crippen molar-refractivity contribution in [1.29, 1.82) is 0 Å². The van der Waals surface area contributed by atoms with Gasteiger partial charge in [-0.3, -0.25) is 10.1 Å². The Hall–Kier alpha value is -2.30. The minimum atomic E-state index is -1.60. The van der Waals surface area contributed by atoms with Crippen LogP contribution in [0.15, 0.2) is 41.5 Å². The molecule has 5 N–H and O–H groups in total. The number of carbonyl (C=O) groups excluding carboxylic acids is 2. The Kier molecular flexibility index (Phi) is 5.94. The second kappa shape index (κ2) is 8.35. The van der Waals surface area contributed by atoms with Gasteiger partial charge in [-0.15, -0.1) is 0 Å². The van der Waals surface area contributed by atoms with Gasteiger partial charge in [0.1, 0.15) is 5.60 Å². The zero-order chi connectivity index (χ0) is 27.1. The third-order valence-electron chi connectivity index (χ3n) is 10.1. The van der Waals surface area contributed by atoms with Gasteiger partial charge in [-0.05, 0) is 43.0 Å². The summed E-state index contributed by atoms with van der Waals surface area (Å²) in [7, 11) is 0. The van der Waals surface area contributed by atoms with E-state index in [1.807, 2.05) is 0 Å².